The zero-order valence-electron chi connectivity index (χ0n) is 14.3. The van der Waals surface area contributed by atoms with Crippen LogP contribution >= 0.6 is 0 Å². The van der Waals surface area contributed by atoms with Gasteiger partial charge in [-0.2, -0.15) is 0 Å². The number of hydrogen-bond donors (Lipinski definition) is 0. The Labute approximate surface area is 143 Å². The number of nitrogens with zero attached hydrogens (tertiary/aromatic N) is 2. The molecular weight excluding hydrogens is 304 g/mol. The number of esters is 1. The number of carbonyl (C=O) groups is 2. The zero-order chi connectivity index (χ0) is 16.9. The molecule has 0 aliphatic heterocycles. The van der Waals surface area contributed by atoms with E-state index in [9.17, 15) is 9.59 Å². The van der Waals surface area contributed by atoms with E-state index in [0.717, 1.165) is 37.7 Å². The highest BCUT2D eigenvalue weighted by atomic mass is 16.5. The van der Waals surface area contributed by atoms with E-state index >= 15 is 0 Å². The van der Waals surface area contributed by atoms with Gasteiger partial charge < -0.3 is 9.64 Å². The second-order valence-electron chi connectivity index (χ2n) is 6.80. The number of amides is 1. The summed E-state index contributed by atoms with van der Waals surface area (Å²) < 4.78 is 5.08. The molecule has 130 valence electrons. The number of aromatic nitrogens is 1. The van der Waals surface area contributed by atoms with Crippen LogP contribution in [-0.4, -0.2) is 41.0 Å². The lowest BCUT2D eigenvalue weighted by molar-refractivity contribution is -0.151. The maximum Gasteiger partial charge on any atom is 0.325 e. The molecule has 24 heavy (non-hydrogen) atoms. The average molecular weight is 330 g/mol. The van der Waals surface area contributed by atoms with Gasteiger partial charge >= 0.3 is 5.97 Å². The minimum Gasteiger partial charge on any atom is -0.465 e. The van der Waals surface area contributed by atoms with E-state index in [-0.39, 0.29) is 36.3 Å². The van der Waals surface area contributed by atoms with E-state index < -0.39 is 0 Å². The molecule has 1 heterocycles. The van der Waals surface area contributed by atoms with Crippen molar-refractivity contribution in [2.45, 2.75) is 57.4 Å². The second kappa shape index (κ2) is 7.77. The first-order valence-electron chi connectivity index (χ1n) is 9.06. The molecule has 1 aromatic rings. The molecule has 3 rings (SSSR count). The van der Waals surface area contributed by atoms with Crippen LogP contribution in [0.2, 0.25) is 0 Å². The highest BCUT2D eigenvalue weighted by Gasteiger charge is 2.47. The summed E-state index contributed by atoms with van der Waals surface area (Å²) in [6, 6.07) is 4.12. The molecule has 2 aliphatic carbocycles. The van der Waals surface area contributed by atoms with Crippen molar-refractivity contribution >= 4 is 11.9 Å². The SMILES string of the molecule is CCOC(=O)CN(C(=O)[C@@H]1C[C@H]1c1cccnc1)C1CCCCC1. The summed E-state index contributed by atoms with van der Waals surface area (Å²) in [4.78, 5) is 30.9. The third kappa shape index (κ3) is 3.94. The smallest absolute Gasteiger partial charge is 0.325 e. The summed E-state index contributed by atoms with van der Waals surface area (Å²) >= 11 is 0. The molecule has 0 saturated heterocycles. The van der Waals surface area contributed by atoms with E-state index in [2.05, 4.69) is 4.98 Å². The lowest BCUT2D eigenvalue weighted by Crippen LogP contribution is -2.45. The highest BCUT2D eigenvalue weighted by molar-refractivity contribution is 5.86. The van der Waals surface area contributed by atoms with Gasteiger partial charge in [0, 0.05) is 24.4 Å². The lowest BCUT2D eigenvalue weighted by atomic mass is 9.93. The average Bonchev–Trinajstić information content (AvgIpc) is 3.42. The largest absolute Gasteiger partial charge is 0.465 e. The third-order valence-electron chi connectivity index (χ3n) is 5.12. The Balaban J connectivity index is 1.68. The standard InChI is InChI=1S/C19H26N2O3/c1-2-24-18(22)13-21(15-8-4-3-5-9-15)19(23)17-11-16(17)14-7-6-10-20-12-14/h6-7,10,12,15-17H,2-5,8-9,11,13H2,1H3/t16-,17+/m0/s1. The number of carbonyl (C=O) groups excluding carboxylic acids is 2. The molecule has 1 amide bonds. The molecule has 0 bridgehead atoms. The number of rotatable bonds is 6. The van der Waals surface area contributed by atoms with Crippen LogP contribution in [0.3, 0.4) is 0 Å². The maximum absolute atomic E-state index is 13.0. The summed E-state index contributed by atoms with van der Waals surface area (Å²) in [6.07, 6.45) is 9.93. The van der Waals surface area contributed by atoms with Crippen LogP contribution in [0.15, 0.2) is 24.5 Å². The van der Waals surface area contributed by atoms with Gasteiger partial charge in [-0.1, -0.05) is 25.3 Å². The van der Waals surface area contributed by atoms with Gasteiger partial charge in [0.15, 0.2) is 0 Å². The molecule has 2 atom stereocenters. The Morgan fingerprint density at radius 1 is 1.29 bits per heavy atom. The molecular formula is C19H26N2O3. The second-order valence-corrected chi connectivity index (χ2v) is 6.80. The van der Waals surface area contributed by atoms with Crippen molar-refractivity contribution in [3.05, 3.63) is 30.1 Å². The molecule has 0 aromatic carbocycles. The van der Waals surface area contributed by atoms with Gasteiger partial charge in [0.25, 0.3) is 0 Å². The van der Waals surface area contributed by atoms with Gasteiger partial charge in [-0.05, 0) is 43.7 Å². The van der Waals surface area contributed by atoms with Gasteiger partial charge in [0.05, 0.1) is 6.61 Å². The number of ether oxygens (including phenoxy) is 1. The van der Waals surface area contributed by atoms with E-state index in [1.807, 2.05) is 18.3 Å². The fourth-order valence-electron chi connectivity index (χ4n) is 3.77. The van der Waals surface area contributed by atoms with Crippen molar-refractivity contribution in [1.29, 1.82) is 0 Å². The molecule has 0 N–H and O–H groups in total. The van der Waals surface area contributed by atoms with Gasteiger partial charge in [0.1, 0.15) is 6.54 Å². The van der Waals surface area contributed by atoms with Crippen LogP contribution in [0.5, 0.6) is 0 Å². The van der Waals surface area contributed by atoms with Crippen molar-refractivity contribution in [2.75, 3.05) is 13.2 Å². The van der Waals surface area contributed by atoms with Crippen molar-refractivity contribution < 1.29 is 14.3 Å². The molecule has 5 heteroatoms. The molecule has 2 aliphatic rings. The van der Waals surface area contributed by atoms with Gasteiger partial charge in [-0.25, -0.2) is 0 Å². The maximum atomic E-state index is 13.0. The Hall–Kier alpha value is -1.91. The Kier molecular flexibility index (Phi) is 5.48. The first kappa shape index (κ1) is 16.9. The minimum atomic E-state index is -0.296. The van der Waals surface area contributed by atoms with E-state index in [0.29, 0.717) is 6.61 Å². The lowest BCUT2D eigenvalue weighted by Gasteiger charge is -2.34. The van der Waals surface area contributed by atoms with Crippen molar-refractivity contribution in [1.82, 2.24) is 9.88 Å². The normalized spacial score (nSPS) is 23.5. The highest BCUT2D eigenvalue weighted by Crippen LogP contribution is 2.48. The molecule has 2 fully saturated rings. The Morgan fingerprint density at radius 3 is 2.75 bits per heavy atom. The van der Waals surface area contributed by atoms with Crippen LogP contribution in [0.25, 0.3) is 0 Å². The van der Waals surface area contributed by atoms with E-state index in [1.165, 1.54) is 6.42 Å². The summed E-state index contributed by atoms with van der Waals surface area (Å²) in [6.45, 7) is 2.24. The summed E-state index contributed by atoms with van der Waals surface area (Å²) in [7, 11) is 0. The van der Waals surface area contributed by atoms with Gasteiger partial charge in [-0.15, -0.1) is 0 Å². The van der Waals surface area contributed by atoms with Gasteiger partial charge in [-0.3, -0.25) is 14.6 Å². The van der Waals surface area contributed by atoms with Crippen molar-refractivity contribution in [3.63, 3.8) is 0 Å². The van der Waals surface area contributed by atoms with Crippen LogP contribution < -0.4 is 0 Å². The van der Waals surface area contributed by atoms with Gasteiger partial charge in [0.2, 0.25) is 5.91 Å². The molecule has 0 spiro atoms. The molecule has 1 aromatic heterocycles. The predicted molar refractivity (Wildman–Crippen MR) is 90.3 cm³/mol. The third-order valence-corrected chi connectivity index (χ3v) is 5.12. The van der Waals surface area contributed by atoms with Crippen LogP contribution in [0.4, 0.5) is 0 Å². The first-order chi connectivity index (χ1) is 11.7. The summed E-state index contributed by atoms with van der Waals surface area (Å²) in [5.74, 6) is 0.0591. The topological polar surface area (TPSA) is 59.5 Å². The number of pyridine rings is 1. The quantitative estimate of drug-likeness (QED) is 0.753. The minimum absolute atomic E-state index is 0.00875. The van der Waals surface area contributed by atoms with Crippen LogP contribution in [0.1, 0.15) is 56.9 Å². The van der Waals surface area contributed by atoms with E-state index in [4.69, 9.17) is 4.74 Å². The fraction of sp³-hybridized carbons (Fsp3) is 0.632. The monoisotopic (exact) mass is 330 g/mol. The molecule has 0 unspecified atom stereocenters. The summed E-state index contributed by atoms with van der Waals surface area (Å²) in [5, 5.41) is 0. The van der Waals surface area contributed by atoms with Crippen LogP contribution in [0, 0.1) is 5.92 Å². The molecule has 5 nitrogen and oxygen atoms in total. The first-order valence-corrected chi connectivity index (χ1v) is 9.06. The Bertz CT molecular complexity index is 569. The van der Waals surface area contributed by atoms with Crippen molar-refractivity contribution in [2.24, 2.45) is 5.92 Å². The number of hydrogen-bond acceptors (Lipinski definition) is 4. The molecule has 0 radical (unpaired) electrons. The zero-order valence-corrected chi connectivity index (χ0v) is 14.3. The summed E-state index contributed by atoms with van der Waals surface area (Å²) in [5.41, 5.74) is 1.12. The Morgan fingerprint density at radius 2 is 2.08 bits per heavy atom. The van der Waals surface area contributed by atoms with Crippen molar-refractivity contribution in [3.8, 4) is 0 Å². The predicted octanol–water partition coefficient (Wildman–Crippen LogP) is 2.91. The van der Waals surface area contributed by atoms with Crippen LogP contribution in [-0.2, 0) is 14.3 Å². The van der Waals surface area contributed by atoms with E-state index in [1.54, 1.807) is 18.0 Å². The molecule has 2 saturated carbocycles. The fourth-order valence-corrected chi connectivity index (χ4v) is 3.77.